The molecule has 0 spiro atoms. The molecule has 0 saturated heterocycles. The van der Waals surface area contributed by atoms with E-state index >= 15 is 0 Å². The van der Waals surface area contributed by atoms with Gasteiger partial charge in [0, 0.05) is 5.56 Å². The lowest BCUT2D eigenvalue weighted by molar-refractivity contribution is 0.597. The standard InChI is InChI=1S/C10H8O2.C2H6/c1-7-6-12-9-5-3-2-4-8(9)10(7)11;1-2/h2-6H,1H3;1-2H3. The molecule has 0 N–H and O–H groups in total. The fraction of sp³-hybridized carbons (Fsp3) is 0.250. The minimum absolute atomic E-state index is 0.0526. The molecule has 0 bridgehead atoms. The highest BCUT2D eigenvalue weighted by Crippen LogP contribution is 2.09. The maximum atomic E-state index is 11.5. The second kappa shape index (κ2) is 4.61. The predicted octanol–water partition coefficient (Wildman–Crippen LogP) is 3.13. The Balaban J connectivity index is 0.000000461. The van der Waals surface area contributed by atoms with Crippen LogP contribution in [0.1, 0.15) is 19.4 Å². The van der Waals surface area contributed by atoms with Crippen LogP contribution in [0.25, 0.3) is 11.0 Å². The molecule has 1 heterocycles. The van der Waals surface area contributed by atoms with Crippen molar-refractivity contribution in [1.82, 2.24) is 0 Å². The van der Waals surface area contributed by atoms with Crippen molar-refractivity contribution >= 4 is 11.0 Å². The SMILES string of the molecule is CC.Cc1coc2ccccc2c1=O. The van der Waals surface area contributed by atoms with E-state index in [0.29, 0.717) is 16.5 Å². The Bertz CT molecular complexity index is 469. The van der Waals surface area contributed by atoms with E-state index in [2.05, 4.69) is 0 Å². The second-order valence-electron chi connectivity index (χ2n) is 2.74. The third-order valence-electron chi connectivity index (χ3n) is 1.85. The molecule has 0 aliphatic heterocycles. The average molecular weight is 190 g/mol. The first-order valence-electron chi connectivity index (χ1n) is 4.76. The fourth-order valence-corrected chi connectivity index (χ4v) is 1.17. The highest BCUT2D eigenvalue weighted by atomic mass is 16.3. The topological polar surface area (TPSA) is 30.2 Å². The summed E-state index contributed by atoms with van der Waals surface area (Å²) in [6, 6.07) is 7.24. The van der Waals surface area contributed by atoms with Gasteiger partial charge in [0.25, 0.3) is 0 Å². The maximum Gasteiger partial charge on any atom is 0.195 e. The van der Waals surface area contributed by atoms with E-state index in [-0.39, 0.29) is 5.43 Å². The summed E-state index contributed by atoms with van der Waals surface area (Å²) < 4.78 is 5.22. The Hall–Kier alpha value is -1.57. The molecule has 0 atom stereocenters. The first-order chi connectivity index (χ1) is 6.79. The van der Waals surface area contributed by atoms with Crippen LogP contribution in [-0.2, 0) is 0 Å². The van der Waals surface area contributed by atoms with E-state index in [0.717, 1.165) is 0 Å². The summed E-state index contributed by atoms with van der Waals surface area (Å²) in [6.07, 6.45) is 1.49. The average Bonchev–Trinajstić information content (AvgIpc) is 2.27. The van der Waals surface area contributed by atoms with Gasteiger partial charge in [0.05, 0.1) is 11.6 Å². The molecule has 0 unspecified atom stereocenters. The Kier molecular flexibility index (Phi) is 3.46. The summed E-state index contributed by atoms with van der Waals surface area (Å²) in [7, 11) is 0. The minimum atomic E-state index is 0.0526. The minimum Gasteiger partial charge on any atom is -0.464 e. The molecule has 1 aromatic carbocycles. The number of benzene rings is 1. The van der Waals surface area contributed by atoms with Gasteiger partial charge in [-0.2, -0.15) is 0 Å². The number of para-hydroxylation sites is 1. The molecule has 2 rings (SSSR count). The third-order valence-corrected chi connectivity index (χ3v) is 1.85. The van der Waals surface area contributed by atoms with Gasteiger partial charge in [-0.1, -0.05) is 26.0 Å². The van der Waals surface area contributed by atoms with Gasteiger partial charge >= 0.3 is 0 Å². The number of hydrogen-bond donors (Lipinski definition) is 0. The van der Waals surface area contributed by atoms with Gasteiger partial charge in [0.15, 0.2) is 5.43 Å². The third kappa shape index (κ3) is 1.84. The molecular formula is C12H14O2. The van der Waals surface area contributed by atoms with Crippen molar-refractivity contribution in [2.45, 2.75) is 20.8 Å². The fourth-order valence-electron chi connectivity index (χ4n) is 1.17. The van der Waals surface area contributed by atoms with E-state index in [1.807, 2.05) is 26.0 Å². The Morgan fingerprint density at radius 3 is 2.50 bits per heavy atom. The van der Waals surface area contributed by atoms with Crippen molar-refractivity contribution in [3.05, 3.63) is 46.3 Å². The molecule has 0 amide bonds. The molecule has 0 aliphatic carbocycles. The van der Waals surface area contributed by atoms with Crippen molar-refractivity contribution in [3.8, 4) is 0 Å². The zero-order valence-electron chi connectivity index (χ0n) is 8.70. The molecule has 2 nitrogen and oxygen atoms in total. The van der Waals surface area contributed by atoms with Crippen LogP contribution < -0.4 is 5.43 Å². The van der Waals surface area contributed by atoms with Gasteiger partial charge in [-0.25, -0.2) is 0 Å². The summed E-state index contributed by atoms with van der Waals surface area (Å²) in [5.74, 6) is 0. The van der Waals surface area contributed by atoms with Crippen molar-refractivity contribution < 1.29 is 4.42 Å². The summed E-state index contributed by atoms with van der Waals surface area (Å²) in [5.41, 5.74) is 1.35. The first kappa shape index (κ1) is 10.5. The summed E-state index contributed by atoms with van der Waals surface area (Å²) in [6.45, 7) is 5.75. The molecule has 0 radical (unpaired) electrons. The van der Waals surface area contributed by atoms with Gasteiger partial charge in [-0.15, -0.1) is 0 Å². The van der Waals surface area contributed by atoms with Gasteiger partial charge in [-0.05, 0) is 19.1 Å². The van der Waals surface area contributed by atoms with Crippen molar-refractivity contribution in [2.24, 2.45) is 0 Å². The lowest BCUT2D eigenvalue weighted by atomic mass is 10.2. The van der Waals surface area contributed by atoms with Gasteiger partial charge in [0.1, 0.15) is 5.58 Å². The Morgan fingerprint density at radius 2 is 1.79 bits per heavy atom. The lowest BCUT2D eigenvalue weighted by Crippen LogP contribution is -2.03. The van der Waals surface area contributed by atoms with Crippen molar-refractivity contribution in [3.63, 3.8) is 0 Å². The number of rotatable bonds is 0. The molecule has 74 valence electrons. The summed E-state index contributed by atoms with van der Waals surface area (Å²) in [4.78, 5) is 11.5. The number of hydrogen-bond acceptors (Lipinski definition) is 2. The van der Waals surface area contributed by atoms with Gasteiger partial charge in [0.2, 0.25) is 0 Å². The van der Waals surface area contributed by atoms with Crippen LogP contribution >= 0.6 is 0 Å². The highest BCUT2D eigenvalue weighted by Gasteiger charge is 2.00. The van der Waals surface area contributed by atoms with Crippen LogP contribution in [0.5, 0.6) is 0 Å². The highest BCUT2D eigenvalue weighted by molar-refractivity contribution is 5.76. The van der Waals surface area contributed by atoms with Gasteiger partial charge < -0.3 is 4.42 Å². The van der Waals surface area contributed by atoms with Crippen LogP contribution in [0.3, 0.4) is 0 Å². The largest absolute Gasteiger partial charge is 0.464 e. The molecule has 2 heteroatoms. The molecular weight excluding hydrogens is 176 g/mol. The monoisotopic (exact) mass is 190 g/mol. The predicted molar refractivity (Wildman–Crippen MR) is 58.6 cm³/mol. The Morgan fingerprint density at radius 1 is 1.14 bits per heavy atom. The van der Waals surface area contributed by atoms with Gasteiger partial charge in [-0.3, -0.25) is 4.79 Å². The van der Waals surface area contributed by atoms with Crippen LogP contribution in [0.4, 0.5) is 0 Å². The van der Waals surface area contributed by atoms with Crippen molar-refractivity contribution in [2.75, 3.05) is 0 Å². The molecule has 0 saturated carbocycles. The summed E-state index contributed by atoms with van der Waals surface area (Å²) in [5, 5.41) is 0.650. The van der Waals surface area contributed by atoms with Crippen LogP contribution in [0.2, 0.25) is 0 Å². The quantitative estimate of drug-likeness (QED) is 0.638. The van der Waals surface area contributed by atoms with E-state index < -0.39 is 0 Å². The number of fused-ring (bicyclic) bond motifs is 1. The van der Waals surface area contributed by atoms with E-state index in [9.17, 15) is 4.79 Å². The van der Waals surface area contributed by atoms with Crippen LogP contribution in [0.15, 0.2) is 39.7 Å². The molecule has 2 aromatic rings. The van der Waals surface area contributed by atoms with Crippen molar-refractivity contribution in [1.29, 1.82) is 0 Å². The van der Waals surface area contributed by atoms with E-state index in [1.54, 1.807) is 19.1 Å². The molecule has 14 heavy (non-hydrogen) atoms. The maximum absolute atomic E-state index is 11.5. The molecule has 0 aliphatic rings. The first-order valence-corrected chi connectivity index (χ1v) is 4.76. The van der Waals surface area contributed by atoms with E-state index in [4.69, 9.17) is 4.42 Å². The van der Waals surface area contributed by atoms with Crippen LogP contribution in [0, 0.1) is 6.92 Å². The second-order valence-corrected chi connectivity index (χ2v) is 2.74. The Labute approximate surface area is 83.2 Å². The normalized spacial score (nSPS) is 9.36. The number of aryl methyl sites for hydroxylation is 1. The zero-order chi connectivity index (χ0) is 10.6. The lowest BCUT2D eigenvalue weighted by Gasteiger charge is -1.95. The van der Waals surface area contributed by atoms with E-state index in [1.165, 1.54) is 6.26 Å². The smallest absolute Gasteiger partial charge is 0.195 e. The molecule has 0 fully saturated rings. The zero-order valence-corrected chi connectivity index (χ0v) is 8.70. The molecule has 1 aromatic heterocycles. The van der Waals surface area contributed by atoms with Crippen LogP contribution in [-0.4, -0.2) is 0 Å². The summed E-state index contributed by atoms with van der Waals surface area (Å²) >= 11 is 0.